The molecule has 0 saturated heterocycles. The maximum Gasteiger partial charge on any atom is 0.255 e. The summed E-state index contributed by atoms with van der Waals surface area (Å²) in [5.41, 5.74) is 3.81. The van der Waals surface area contributed by atoms with E-state index >= 15 is 0 Å². The summed E-state index contributed by atoms with van der Waals surface area (Å²) >= 11 is 5.97. The second-order valence-electron chi connectivity index (χ2n) is 6.03. The summed E-state index contributed by atoms with van der Waals surface area (Å²) in [5, 5.41) is 3.63. The number of rotatable bonds is 4. The molecule has 2 N–H and O–H groups in total. The van der Waals surface area contributed by atoms with E-state index in [1.807, 2.05) is 72.8 Å². The van der Waals surface area contributed by atoms with E-state index in [1.165, 1.54) is 0 Å². The molecule has 1 amide bonds. The fourth-order valence-corrected chi connectivity index (χ4v) is 2.88. The highest BCUT2D eigenvalue weighted by Gasteiger charge is 2.13. The highest BCUT2D eigenvalue weighted by molar-refractivity contribution is 6.30. The van der Waals surface area contributed by atoms with E-state index in [9.17, 15) is 4.79 Å². The van der Waals surface area contributed by atoms with Gasteiger partial charge in [-0.1, -0.05) is 54.1 Å². The van der Waals surface area contributed by atoms with Gasteiger partial charge in [-0.15, -0.1) is 0 Å². The van der Waals surface area contributed by atoms with Crippen LogP contribution in [0.5, 0.6) is 0 Å². The highest BCUT2D eigenvalue weighted by atomic mass is 35.5. The van der Waals surface area contributed by atoms with Crippen LogP contribution in [0.2, 0.25) is 5.02 Å². The number of imidazole rings is 1. The summed E-state index contributed by atoms with van der Waals surface area (Å²) in [6.45, 7) is 0. The van der Waals surface area contributed by atoms with Gasteiger partial charge in [0.25, 0.3) is 5.91 Å². The summed E-state index contributed by atoms with van der Waals surface area (Å²) < 4.78 is 0. The van der Waals surface area contributed by atoms with Crippen molar-refractivity contribution in [3.63, 3.8) is 0 Å². The van der Waals surface area contributed by atoms with Crippen molar-refractivity contribution in [2.75, 3.05) is 0 Å². The average molecular weight is 374 g/mol. The van der Waals surface area contributed by atoms with Gasteiger partial charge in [-0.25, -0.2) is 4.98 Å². The topological polar surface area (TPSA) is 57.8 Å². The van der Waals surface area contributed by atoms with Crippen molar-refractivity contribution in [3.05, 3.63) is 101 Å². The Labute approximate surface area is 161 Å². The number of fused-ring (bicyclic) bond motifs is 1. The minimum atomic E-state index is -0.198. The van der Waals surface area contributed by atoms with Gasteiger partial charge in [-0.05, 0) is 48.0 Å². The zero-order valence-corrected chi connectivity index (χ0v) is 15.1. The van der Waals surface area contributed by atoms with Crippen LogP contribution in [0, 0.1) is 0 Å². The molecule has 0 aliphatic rings. The molecule has 132 valence electrons. The lowest BCUT2D eigenvalue weighted by Gasteiger charge is -2.08. The number of H-pyrrole nitrogens is 1. The fraction of sp³-hybridized carbons (Fsp3) is 0. The largest absolute Gasteiger partial charge is 0.337 e. The number of nitrogens with zero attached hydrogens (tertiary/aromatic N) is 1. The van der Waals surface area contributed by atoms with Crippen molar-refractivity contribution < 1.29 is 4.79 Å². The van der Waals surface area contributed by atoms with Crippen LogP contribution in [-0.2, 0) is 0 Å². The van der Waals surface area contributed by atoms with Gasteiger partial charge in [0.05, 0.1) is 16.7 Å². The van der Waals surface area contributed by atoms with Crippen LogP contribution >= 0.6 is 11.6 Å². The van der Waals surface area contributed by atoms with E-state index in [1.54, 1.807) is 12.1 Å². The van der Waals surface area contributed by atoms with Crippen LogP contribution in [0.25, 0.3) is 22.8 Å². The Balaban J connectivity index is 1.74. The molecule has 0 bridgehead atoms. The lowest BCUT2D eigenvalue weighted by molar-refractivity contribution is 0.0973. The van der Waals surface area contributed by atoms with Gasteiger partial charge in [0.2, 0.25) is 0 Å². The van der Waals surface area contributed by atoms with Crippen LogP contribution < -0.4 is 5.32 Å². The molecule has 0 fully saturated rings. The van der Waals surface area contributed by atoms with Crippen molar-refractivity contribution in [1.29, 1.82) is 0 Å². The van der Waals surface area contributed by atoms with Gasteiger partial charge in [-0.3, -0.25) is 4.79 Å². The zero-order chi connectivity index (χ0) is 18.6. The Hall–Kier alpha value is -3.37. The summed E-state index contributed by atoms with van der Waals surface area (Å²) in [6.07, 6.45) is 1.87. The van der Waals surface area contributed by atoms with Crippen molar-refractivity contribution in [3.8, 4) is 0 Å². The van der Waals surface area contributed by atoms with E-state index in [0.29, 0.717) is 22.1 Å². The van der Waals surface area contributed by atoms with Crippen molar-refractivity contribution in [2.45, 2.75) is 0 Å². The Morgan fingerprint density at radius 3 is 2.37 bits per heavy atom. The Bertz CT molecular complexity index is 1080. The lowest BCUT2D eigenvalue weighted by atomic mass is 10.1. The Kier molecular flexibility index (Phi) is 4.73. The quantitative estimate of drug-likeness (QED) is 0.520. The molecule has 0 aliphatic heterocycles. The normalized spacial score (nSPS) is 11.5. The molecule has 0 aliphatic carbocycles. The van der Waals surface area contributed by atoms with E-state index in [-0.39, 0.29) is 5.91 Å². The molecule has 0 saturated carbocycles. The van der Waals surface area contributed by atoms with Gasteiger partial charge in [0, 0.05) is 10.6 Å². The number of aromatic amines is 1. The molecule has 0 spiro atoms. The number of hydrogen-bond acceptors (Lipinski definition) is 2. The third-order valence-corrected chi connectivity index (χ3v) is 4.36. The molecular formula is C22H16ClN3O. The molecule has 0 atom stereocenters. The van der Waals surface area contributed by atoms with Gasteiger partial charge in [0.15, 0.2) is 5.82 Å². The predicted octanol–water partition coefficient (Wildman–Crippen LogP) is 5.14. The molecule has 0 radical (unpaired) electrons. The third kappa shape index (κ3) is 3.91. The molecule has 4 aromatic rings. The number of benzene rings is 3. The van der Waals surface area contributed by atoms with E-state index < -0.39 is 0 Å². The van der Waals surface area contributed by atoms with Crippen LogP contribution in [0.15, 0.2) is 78.9 Å². The number of halogens is 1. The van der Waals surface area contributed by atoms with E-state index in [4.69, 9.17) is 11.6 Å². The van der Waals surface area contributed by atoms with Crippen LogP contribution in [0.3, 0.4) is 0 Å². The van der Waals surface area contributed by atoms with Crippen molar-refractivity contribution in [1.82, 2.24) is 15.3 Å². The first-order valence-corrected chi connectivity index (χ1v) is 8.86. The standard InChI is InChI=1S/C22H16ClN3O/c23-17-12-10-15(11-13-17)14-20(26-22(27)16-6-2-1-3-7-16)21-24-18-8-4-5-9-19(18)25-21/h1-14H,(H,24,25)(H,26,27)/b20-14+. The molecule has 4 rings (SSSR count). The van der Waals surface area contributed by atoms with Gasteiger partial charge < -0.3 is 10.3 Å². The van der Waals surface area contributed by atoms with Gasteiger partial charge in [-0.2, -0.15) is 0 Å². The molecule has 27 heavy (non-hydrogen) atoms. The minimum Gasteiger partial charge on any atom is -0.337 e. The van der Waals surface area contributed by atoms with Crippen molar-refractivity contribution in [2.24, 2.45) is 0 Å². The number of aromatic nitrogens is 2. The molecule has 3 aromatic carbocycles. The number of carbonyl (C=O) groups is 1. The SMILES string of the molecule is O=C(N/C(=C/c1ccc(Cl)cc1)c1nc2ccccc2[nH]1)c1ccccc1. The van der Waals surface area contributed by atoms with Gasteiger partial charge >= 0.3 is 0 Å². The maximum absolute atomic E-state index is 12.7. The molecular weight excluding hydrogens is 358 g/mol. The molecule has 1 heterocycles. The minimum absolute atomic E-state index is 0.198. The Morgan fingerprint density at radius 2 is 1.63 bits per heavy atom. The van der Waals surface area contributed by atoms with E-state index in [2.05, 4.69) is 15.3 Å². The van der Waals surface area contributed by atoms with Crippen LogP contribution in [0.4, 0.5) is 0 Å². The average Bonchev–Trinajstić information content (AvgIpc) is 3.14. The number of nitrogens with one attached hydrogen (secondary N) is 2. The first-order valence-electron chi connectivity index (χ1n) is 8.48. The fourth-order valence-electron chi connectivity index (χ4n) is 2.75. The molecule has 5 heteroatoms. The second-order valence-corrected chi connectivity index (χ2v) is 6.47. The van der Waals surface area contributed by atoms with E-state index in [0.717, 1.165) is 16.6 Å². The smallest absolute Gasteiger partial charge is 0.255 e. The van der Waals surface area contributed by atoms with Crippen LogP contribution in [-0.4, -0.2) is 15.9 Å². The maximum atomic E-state index is 12.7. The summed E-state index contributed by atoms with van der Waals surface area (Å²) in [6, 6.07) is 24.2. The highest BCUT2D eigenvalue weighted by Crippen LogP contribution is 2.19. The molecule has 1 aromatic heterocycles. The summed E-state index contributed by atoms with van der Waals surface area (Å²) in [5.74, 6) is 0.395. The summed E-state index contributed by atoms with van der Waals surface area (Å²) in [4.78, 5) is 20.5. The van der Waals surface area contributed by atoms with Gasteiger partial charge in [0.1, 0.15) is 0 Å². The summed E-state index contributed by atoms with van der Waals surface area (Å²) in [7, 11) is 0. The Morgan fingerprint density at radius 1 is 0.926 bits per heavy atom. The monoisotopic (exact) mass is 373 g/mol. The number of para-hydroxylation sites is 2. The predicted molar refractivity (Wildman–Crippen MR) is 109 cm³/mol. The molecule has 0 unspecified atom stereocenters. The first kappa shape index (κ1) is 17.1. The number of hydrogen-bond donors (Lipinski definition) is 2. The van der Waals surface area contributed by atoms with Crippen LogP contribution in [0.1, 0.15) is 21.7 Å². The first-order chi connectivity index (χ1) is 13.2. The second kappa shape index (κ2) is 7.48. The zero-order valence-electron chi connectivity index (χ0n) is 14.3. The number of carbonyl (C=O) groups excluding carboxylic acids is 1. The number of amides is 1. The van der Waals surface area contributed by atoms with Crippen molar-refractivity contribution >= 4 is 40.3 Å². The lowest BCUT2D eigenvalue weighted by Crippen LogP contribution is -2.22. The molecule has 4 nitrogen and oxygen atoms in total. The third-order valence-electron chi connectivity index (χ3n) is 4.11.